The van der Waals surface area contributed by atoms with Gasteiger partial charge in [0.2, 0.25) is 0 Å². The van der Waals surface area contributed by atoms with Gasteiger partial charge in [-0.3, -0.25) is 13.9 Å². The van der Waals surface area contributed by atoms with E-state index in [9.17, 15) is 32.7 Å². The van der Waals surface area contributed by atoms with Crippen molar-refractivity contribution >= 4 is 5.97 Å². The molecule has 0 unspecified atom stereocenters. The van der Waals surface area contributed by atoms with Gasteiger partial charge < -0.3 is 20.0 Å². The predicted molar refractivity (Wildman–Crippen MR) is 154 cm³/mol. The molecule has 4 rings (SSSR count). The molecule has 0 fully saturated rings. The van der Waals surface area contributed by atoms with E-state index < -0.39 is 95.7 Å². The van der Waals surface area contributed by atoms with E-state index in [1.165, 1.54) is 42.5 Å². The number of halogens is 5. The SMILES string of the molecule is [2H]C([2H])(N[C@@H](Cn1c(=O)c(-c2cccc(OC)c2F)c(C)n(Cc2c(F)cccc2C(F)(F)F)c1=O)c1ccccc1)C([2H])([2H])C([2H])([2H])C(=O)[O-].[Na+]. The van der Waals surface area contributed by atoms with Gasteiger partial charge in [-0.25, -0.2) is 13.6 Å². The second-order valence-corrected chi connectivity index (χ2v) is 9.60. The number of hydrogen-bond donors (Lipinski definition) is 1. The van der Waals surface area contributed by atoms with Crippen LogP contribution >= 0.6 is 0 Å². The van der Waals surface area contributed by atoms with Crippen molar-refractivity contribution in [2.24, 2.45) is 0 Å². The Hall–Kier alpha value is -3.78. The number of alkyl halides is 3. The van der Waals surface area contributed by atoms with Crippen LogP contribution in [0.15, 0.2) is 76.3 Å². The Labute approximate surface area is 291 Å². The van der Waals surface area contributed by atoms with Gasteiger partial charge in [-0.2, -0.15) is 13.2 Å². The van der Waals surface area contributed by atoms with Crippen LogP contribution in [0, 0.1) is 18.6 Å². The van der Waals surface area contributed by atoms with E-state index >= 15 is 8.78 Å². The van der Waals surface area contributed by atoms with Gasteiger partial charge in [-0.15, -0.1) is 0 Å². The molecular formula is C32H29F5N3NaO5. The van der Waals surface area contributed by atoms with Gasteiger partial charge in [0, 0.05) is 31.0 Å². The topological polar surface area (TPSA) is 105 Å². The molecule has 0 saturated carbocycles. The second-order valence-electron chi connectivity index (χ2n) is 9.60. The van der Waals surface area contributed by atoms with Crippen LogP contribution in [-0.4, -0.2) is 28.7 Å². The molecular weight excluding hydrogens is 624 g/mol. The maximum atomic E-state index is 15.7. The van der Waals surface area contributed by atoms with Crippen LogP contribution in [0.1, 0.15) is 49.4 Å². The average molecular weight is 660 g/mol. The third kappa shape index (κ3) is 8.13. The summed E-state index contributed by atoms with van der Waals surface area (Å²) in [6, 6.07) is 11.1. The first kappa shape index (κ1) is 28.4. The van der Waals surface area contributed by atoms with Crippen LogP contribution in [-0.2, 0) is 24.1 Å². The van der Waals surface area contributed by atoms with Crippen molar-refractivity contribution in [3.63, 3.8) is 0 Å². The van der Waals surface area contributed by atoms with Gasteiger partial charge in [0.1, 0.15) is 5.82 Å². The molecule has 0 aliphatic carbocycles. The Morgan fingerprint density at radius 3 is 2.33 bits per heavy atom. The molecule has 1 N–H and O–H groups in total. The van der Waals surface area contributed by atoms with Gasteiger partial charge >= 0.3 is 41.4 Å². The molecule has 0 bridgehead atoms. The van der Waals surface area contributed by atoms with Crippen LogP contribution in [0.5, 0.6) is 5.75 Å². The van der Waals surface area contributed by atoms with Crippen LogP contribution < -0.4 is 56.0 Å². The first-order valence-electron chi connectivity index (χ1n) is 16.1. The third-order valence-electron chi connectivity index (χ3n) is 6.92. The Morgan fingerprint density at radius 2 is 1.70 bits per heavy atom. The Balaban J connectivity index is 0.00000729. The molecule has 14 heteroatoms. The number of carbonyl (C=O) groups is 1. The molecule has 0 aliphatic rings. The standard InChI is InChI=1S/C32H30F5N3O5.Na/c1-19-28(21-11-6-14-26(45-2)29(21)34)30(43)40(18-25(20-9-4-3-5-10-20)38-16-8-15-27(41)42)31(44)39(19)17-22-23(32(35,36)37)12-7-13-24(22)33;/h3-7,9-14,25,38H,8,15-18H2,1-2H3,(H,41,42);/q;+1/p-1/t25-;/m0./s1/i8D2,15D2,16D2;. The molecule has 1 heterocycles. The Morgan fingerprint density at radius 1 is 1.02 bits per heavy atom. The number of ether oxygens (including phenoxy) is 1. The zero-order valence-electron chi connectivity index (χ0n) is 30.7. The smallest absolute Gasteiger partial charge is 0.550 e. The van der Waals surface area contributed by atoms with E-state index in [1.54, 1.807) is 0 Å². The number of carbonyl (C=O) groups excluding carboxylic acids is 1. The zero-order valence-corrected chi connectivity index (χ0v) is 26.7. The minimum atomic E-state index is -5.09. The number of hydrogen-bond acceptors (Lipinski definition) is 6. The van der Waals surface area contributed by atoms with Crippen LogP contribution in [0.4, 0.5) is 22.0 Å². The number of nitrogens with one attached hydrogen (secondary N) is 1. The summed E-state index contributed by atoms with van der Waals surface area (Å²) in [6.45, 7) is -4.55. The van der Waals surface area contributed by atoms with Gasteiger partial charge in [-0.05, 0) is 49.9 Å². The normalized spacial score (nSPS) is 14.8. The van der Waals surface area contributed by atoms with Gasteiger partial charge in [0.25, 0.3) is 5.56 Å². The van der Waals surface area contributed by atoms with E-state index in [1.807, 2.05) is 0 Å². The van der Waals surface area contributed by atoms with Crippen molar-refractivity contribution in [1.29, 1.82) is 0 Å². The molecule has 1 atom stereocenters. The van der Waals surface area contributed by atoms with E-state index in [-0.39, 0.29) is 46.6 Å². The molecule has 238 valence electrons. The number of aliphatic carboxylic acids is 1. The first-order valence-corrected chi connectivity index (χ1v) is 13.1. The average Bonchev–Trinajstić information content (AvgIpc) is 3.05. The molecule has 0 amide bonds. The van der Waals surface area contributed by atoms with Crippen LogP contribution in [0.2, 0.25) is 0 Å². The van der Waals surface area contributed by atoms with Crippen molar-refractivity contribution in [2.75, 3.05) is 13.6 Å². The summed E-state index contributed by atoms with van der Waals surface area (Å²) >= 11 is 0. The van der Waals surface area contributed by atoms with E-state index in [2.05, 4.69) is 5.32 Å². The second kappa shape index (κ2) is 15.7. The number of benzene rings is 3. The molecule has 4 aromatic rings. The van der Waals surface area contributed by atoms with E-state index in [0.717, 1.165) is 32.2 Å². The summed E-state index contributed by atoms with van der Waals surface area (Å²) in [5.74, 6) is -5.40. The Kier molecular flexibility index (Phi) is 9.69. The van der Waals surface area contributed by atoms with E-state index in [4.69, 9.17) is 13.0 Å². The van der Waals surface area contributed by atoms with Crippen molar-refractivity contribution in [2.45, 2.75) is 45.0 Å². The predicted octanol–water partition coefficient (Wildman–Crippen LogP) is 1.20. The fourth-order valence-corrected chi connectivity index (χ4v) is 4.77. The fourth-order valence-electron chi connectivity index (χ4n) is 4.77. The quantitative estimate of drug-likeness (QED) is 0.181. The summed E-state index contributed by atoms with van der Waals surface area (Å²) in [5.41, 5.74) is -6.43. The van der Waals surface area contributed by atoms with Crippen LogP contribution in [0.3, 0.4) is 0 Å². The number of carboxylic acids is 1. The third-order valence-corrected chi connectivity index (χ3v) is 6.92. The number of carboxylic acid groups (broad SMARTS) is 1. The maximum absolute atomic E-state index is 15.7. The van der Waals surface area contributed by atoms with Crippen molar-refractivity contribution in [1.82, 2.24) is 14.5 Å². The zero-order chi connectivity index (χ0) is 38.3. The molecule has 0 spiro atoms. The molecule has 8 nitrogen and oxygen atoms in total. The molecule has 3 aromatic carbocycles. The van der Waals surface area contributed by atoms with Gasteiger partial charge in [0.05, 0.1) is 37.4 Å². The van der Waals surface area contributed by atoms with Gasteiger partial charge in [0.15, 0.2) is 11.6 Å². The minimum Gasteiger partial charge on any atom is -0.550 e. The molecule has 46 heavy (non-hydrogen) atoms. The summed E-state index contributed by atoms with van der Waals surface area (Å²) in [5, 5.41) is 13.6. The summed E-state index contributed by atoms with van der Waals surface area (Å²) in [6.07, 6.45) is -12.9. The number of rotatable bonds is 12. The van der Waals surface area contributed by atoms with Crippen LogP contribution in [0.25, 0.3) is 11.1 Å². The van der Waals surface area contributed by atoms with Gasteiger partial charge in [-0.1, -0.05) is 48.5 Å². The molecule has 0 aliphatic heterocycles. The molecule has 1 aromatic heterocycles. The van der Waals surface area contributed by atoms with Crippen molar-refractivity contribution in [3.05, 3.63) is 122 Å². The summed E-state index contributed by atoms with van der Waals surface area (Å²) < 4.78 is 127. The number of methoxy groups -OCH3 is 1. The monoisotopic (exact) mass is 659 g/mol. The number of aromatic nitrogens is 2. The number of nitrogens with zero attached hydrogens (tertiary/aromatic N) is 2. The van der Waals surface area contributed by atoms with E-state index in [0.29, 0.717) is 15.2 Å². The van der Waals surface area contributed by atoms with Crippen molar-refractivity contribution in [3.8, 4) is 16.9 Å². The first-order chi connectivity index (χ1) is 23.6. The Bertz CT molecular complexity index is 2080. The minimum absolute atomic E-state index is 0. The fraction of sp³-hybridized carbons (Fsp3) is 0.281. The molecule has 0 radical (unpaired) electrons. The maximum Gasteiger partial charge on any atom is 1.00 e. The summed E-state index contributed by atoms with van der Waals surface area (Å²) in [4.78, 5) is 39.8. The largest absolute Gasteiger partial charge is 1.00 e. The summed E-state index contributed by atoms with van der Waals surface area (Å²) in [7, 11) is 1.12. The van der Waals surface area contributed by atoms with Crippen molar-refractivity contribution < 1.29 is 74.4 Å². The molecule has 0 saturated heterocycles.